The third-order valence-electron chi connectivity index (χ3n) is 12.7. The summed E-state index contributed by atoms with van der Waals surface area (Å²) in [5.74, 6) is -2.36. The van der Waals surface area contributed by atoms with Crippen LogP contribution in [0.1, 0.15) is 201 Å². The molecule has 0 fully saturated rings. The number of likely N-dealkylation sites (N-methyl/N-ethyl adjacent to an activating group) is 2. The number of nitrogens with one attached hydrogen (secondary N) is 6. The molecule has 9 amide bonds. The van der Waals surface area contributed by atoms with Gasteiger partial charge in [0.15, 0.2) is 17.3 Å². The highest BCUT2D eigenvalue weighted by molar-refractivity contribution is 5.93. The molecular formula is C58H101N9O15. The molecule has 24 nitrogen and oxygen atoms in total. The third-order valence-corrected chi connectivity index (χ3v) is 12.7. The lowest BCUT2D eigenvalue weighted by Crippen LogP contribution is -2.43. The van der Waals surface area contributed by atoms with E-state index in [-0.39, 0.29) is 166 Å². The van der Waals surface area contributed by atoms with Gasteiger partial charge in [-0.15, -0.1) is 0 Å². The summed E-state index contributed by atoms with van der Waals surface area (Å²) in [6.07, 6.45) is 12.4. The Morgan fingerprint density at radius 2 is 0.549 bits per heavy atom. The van der Waals surface area contributed by atoms with Gasteiger partial charge in [0.2, 0.25) is 53.2 Å². The average Bonchev–Trinajstić information content (AvgIpc) is 3.48. The van der Waals surface area contributed by atoms with Crippen molar-refractivity contribution < 1.29 is 71.9 Å². The van der Waals surface area contributed by atoms with Gasteiger partial charge in [0, 0.05) is 138 Å². The molecule has 0 bridgehead atoms. The van der Waals surface area contributed by atoms with E-state index >= 15 is 0 Å². The summed E-state index contributed by atoms with van der Waals surface area (Å²) in [7, 11) is 7.68. The maximum absolute atomic E-state index is 12.9. The number of hydrogen-bond donors (Lipinski definition) is 6. The minimum Gasteiger partial charge on any atom is -0.359 e. The summed E-state index contributed by atoms with van der Waals surface area (Å²) in [6, 6.07) is 0. The second kappa shape index (κ2) is 52.3. The Morgan fingerprint density at radius 3 is 0.915 bits per heavy atom. The molecule has 0 heterocycles. The van der Waals surface area contributed by atoms with Crippen LogP contribution < -0.4 is 31.9 Å². The van der Waals surface area contributed by atoms with Gasteiger partial charge in [-0.25, -0.2) is 0 Å². The van der Waals surface area contributed by atoms with E-state index in [4.69, 9.17) is 0 Å². The van der Waals surface area contributed by atoms with Gasteiger partial charge in [-0.05, 0) is 57.8 Å². The predicted octanol–water partition coefficient (Wildman–Crippen LogP) is 3.32. The topological polar surface area (TPSA) is 338 Å². The van der Waals surface area contributed by atoms with Crippen LogP contribution in [0.15, 0.2) is 0 Å². The fourth-order valence-corrected chi connectivity index (χ4v) is 7.38. The molecule has 0 aromatic carbocycles. The van der Waals surface area contributed by atoms with E-state index in [0.717, 1.165) is 32.1 Å². The summed E-state index contributed by atoms with van der Waals surface area (Å²) < 4.78 is 0. The number of Topliss-reactive ketones (excluding diaryl/α,β-unsaturated/α-hetero) is 6. The molecule has 0 atom stereocenters. The molecule has 0 rings (SSSR count). The fraction of sp³-hybridized carbons (Fsp3) is 0.741. The number of unbranched alkanes of at least 4 members (excludes halogenated alkanes) is 7. The fourth-order valence-electron chi connectivity index (χ4n) is 7.38. The van der Waals surface area contributed by atoms with Crippen LogP contribution in [0.5, 0.6) is 0 Å². The van der Waals surface area contributed by atoms with Crippen LogP contribution in [-0.4, -0.2) is 184 Å². The summed E-state index contributed by atoms with van der Waals surface area (Å²) >= 11 is 0. The molecule has 24 heteroatoms. The van der Waals surface area contributed by atoms with Crippen LogP contribution in [0.2, 0.25) is 0 Å². The Bertz CT molecular complexity index is 1940. The molecule has 0 spiro atoms. The zero-order valence-electron chi connectivity index (χ0n) is 51.0. The van der Waals surface area contributed by atoms with E-state index in [1.54, 1.807) is 35.0 Å². The van der Waals surface area contributed by atoms with Crippen LogP contribution in [0.25, 0.3) is 0 Å². The Hall–Kier alpha value is -6.75. The first kappa shape index (κ1) is 79.5. The number of carbonyl (C=O) groups excluding carboxylic acids is 15. The molecule has 0 aliphatic carbocycles. The molecule has 0 saturated heterocycles. The Labute approximate surface area is 487 Å². The third kappa shape index (κ3) is 46.9. The highest BCUT2D eigenvalue weighted by atomic mass is 16.2. The second-order valence-corrected chi connectivity index (χ2v) is 19.6. The van der Waals surface area contributed by atoms with Crippen molar-refractivity contribution in [2.75, 3.05) is 81.1 Å². The van der Waals surface area contributed by atoms with E-state index in [2.05, 4.69) is 31.9 Å². The van der Waals surface area contributed by atoms with Crippen molar-refractivity contribution in [1.82, 2.24) is 46.6 Å². The van der Waals surface area contributed by atoms with Crippen LogP contribution in [0.3, 0.4) is 0 Å². The maximum atomic E-state index is 12.9. The summed E-state index contributed by atoms with van der Waals surface area (Å²) in [4.78, 5) is 180. The van der Waals surface area contributed by atoms with E-state index in [0.29, 0.717) is 103 Å². The lowest BCUT2D eigenvalue weighted by molar-refractivity contribution is -0.139. The Kier molecular flexibility index (Phi) is 50.7. The number of hydrogen-bond acceptors (Lipinski definition) is 15. The largest absolute Gasteiger partial charge is 0.359 e. The Balaban J connectivity index is -0.00000128. The molecule has 0 aromatic heterocycles. The molecule has 0 unspecified atom stereocenters. The monoisotopic (exact) mass is 1160 g/mol. The van der Waals surface area contributed by atoms with Gasteiger partial charge in [-0.2, -0.15) is 0 Å². The minimum atomic E-state index is -0.420. The number of carbonyl (C=O) groups is 15. The molecule has 0 radical (unpaired) electrons. The van der Waals surface area contributed by atoms with Crippen molar-refractivity contribution in [3.8, 4) is 0 Å². The molecule has 468 valence electrons. The van der Waals surface area contributed by atoms with E-state index in [9.17, 15) is 71.9 Å². The summed E-state index contributed by atoms with van der Waals surface area (Å²) in [5.41, 5.74) is 0. The second-order valence-electron chi connectivity index (χ2n) is 19.6. The van der Waals surface area contributed by atoms with Gasteiger partial charge >= 0.3 is 0 Å². The minimum absolute atomic E-state index is 0.0116. The van der Waals surface area contributed by atoms with Gasteiger partial charge in [-0.3, -0.25) is 71.9 Å². The number of ketones is 6. The number of rotatable bonds is 46. The first-order chi connectivity index (χ1) is 39.0. The average molecular weight is 1160 g/mol. The van der Waals surface area contributed by atoms with Gasteiger partial charge in [-0.1, -0.05) is 47.0 Å². The Morgan fingerprint density at radius 1 is 0.256 bits per heavy atom. The van der Waals surface area contributed by atoms with Gasteiger partial charge in [0.1, 0.15) is 17.3 Å². The summed E-state index contributed by atoms with van der Waals surface area (Å²) in [5, 5.41) is 15.2. The molecule has 0 saturated carbocycles. The first-order valence-electron chi connectivity index (χ1n) is 29.2. The van der Waals surface area contributed by atoms with Crippen molar-refractivity contribution in [2.24, 2.45) is 0 Å². The molecule has 6 N–H and O–H groups in total. The zero-order chi connectivity index (χ0) is 62.7. The predicted molar refractivity (Wildman–Crippen MR) is 310 cm³/mol. The smallest absolute Gasteiger partial charge is 0.239 e. The molecular weight excluding hydrogens is 1060 g/mol. The van der Waals surface area contributed by atoms with E-state index < -0.39 is 5.91 Å². The van der Waals surface area contributed by atoms with E-state index in [1.165, 1.54) is 28.8 Å². The van der Waals surface area contributed by atoms with Gasteiger partial charge in [0.05, 0.1) is 39.3 Å². The van der Waals surface area contributed by atoms with Gasteiger partial charge in [0.25, 0.3) is 0 Å². The van der Waals surface area contributed by atoms with Crippen molar-refractivity contribution in [3.05, 3.63) is 0 Å². The van der Waals surface area contributed by atoms with E-state index in [1.807, 2.05) is 13.8 Å². The zero-order valence-corrected chi connectivity index (χ0v) is 51.0. The first-order valence-corrected chi connectivity index (χ1v) is 29.2. The van der Waals surface area contributed by atoms with Crippen molar-refractivity contribution >= 4 is 87.9 Å². The quantitative estimate of drug-likeness (QED) is 0.0476. The molecule has 0 aromatic rings. The molecule has 82 heavy (non-hydrogen) atoms. The lowest BCUT2D eigenvalue weighted by atomic mass is 10.1. The number of nitrogens with zero attached hydrogens (tertiary/aromatic N) is 3. The highest BCUT2D eigenvalue weighted by Gasteiger charge is 2.23. The molecule has 0 aliphatic heterocycles. The van der Waals surface area contributed by atoms with Crippen LogP contribution in [0, 0.1) is 0 Å². The lowest BCUT2D eigenvalue weighted by Gasteiger charge is -2.21. The SMILES string of the molecule is CCC(=O)CCCCCNC(=O)CN(CC(=O)CCCCCCC(=O)NC)C(=O)CCC(=O)CCCCC(=O)NC.CCC(=O)CN(CC(=O)NC)C(=O)CCC(=O)CCCCC(=O)NC.CCCC(=O)N(CC(=O)CC)CC(=O)NC. The van der Waals surface area contributed by atoms with Crippen molar-refractivity contribution in [3.63, 3.8) is 0 Å². The van der Waals surface area contributed by atoms with Crippen molar-refractivity contribution in [1.29, 1.82) is 0 Å². The number of amides is 9. The normalized spacial score (nSPS) is 10.2. The molecule has 0 aliphatic rings. The van der Waals surface area contributed by atoms with Crippen LogP contribution in [0.4, 0.5) is 0 Å². The summed E-state index contributed by atoms with van der Waals surface area (Å²) in [6.45, 7) is 6.79. The maximum Gasteiger partial charge on any atom is 0.239 e. The van der Waals surface area contributed by atoms with Crippen LogP contribution >= 0.6 is 0 Å². The van der Waals surface area contributed by atoms with Crippen molar-refractivity contribution in [2.45, 2.75) is 201 Å². The van der Waals surface area contributed by atoms with Crippen LogP contribution in [-0.2, 0) is 71.9 Å². The highest BCUT2D eigenvalue weighted by Crippen LogP contribution is 2.11. The van der Waals surface area contributed by atoms with Gasteiger partial charge < -0.3 is 46.6 Å². The standard InChI is InChI=1S/C30H52N4O7.C17H29N3O5.C11H20N2O3/c1-4-24(35)14-9-7-13-21-33-29(40)23-34(22-26(37)16-8-5-6-10-17-27(38)31-2)30(41)20-19-25(36)15-11-12-18-28(39)32-3;1-4-13(21)11-20(12-16(24)19-3)17(25)10-9-14(22)7-5-6-8-15(23)18-2;1-4-6-11(16)13(7-9(14)5-2)8-10(15)12-3/h4-23H2,1-3H3,(H,31,38)(H,32,39)(H,33,40);4-12H2,1-3H3,(H,18,23)(H,19,24);4-8H2,1-3H3,(H,12,15).